The van der Waals surface area contributed by atoms with Crippen LogP contribution in [0.4, 0.5) is 0 Å². The van der Waals surface area contributed by atoms with Crippen LogP contribution in [-0.4, -0.2) is 93.9 Å². The summed E-state index contributed by atoms with van der Waals surface area (Å²) in [5.41, 5.74) is 10.6. The monoisotopic (exact) mass is 636 g/mol. The number of nitrogens with one attached hydrogen (secondary N) is 2. The molecule has 3 saturated heterocycles. The molecule has 0 bridgehead atoms. The van der Waals surface area contributed by atoms with Gasteiger partial charge in [0, 0.05) is 68.6 Å². The lowest BCUT2D eigenvalue weighted by Crippen LogP contribution is -2.52. The van der Waals surface area contributed by atoms with Crippen LogP contribution in [0.3, 0.4) is 0 Å². The number of aromatic nitrogens is 2. The highest BCUT2D eigenvalue weighted by molar-refractivity contribution is 6.09. The van der Waals surface area contributed by atoms with Crippen molar-refractivity contribution in [1.82, 2.24) is 30.4 Å². The Morgan fingerprint density at radius 3 is 2.72 bits per heavy atom. The zero-order chi connectivity index (χ0) is 32.5. The Labute approximate surface area is 273 Å². The number of nitrogens with two attached hydrogens (primary N) is 1. The number of hydrogen-bond acceptors (Lipinski definition) is 9. The van der Waals surface area contributed by atoms with E-state index in [1.54, 1.807) is 11.1 Å². The first-order valence-corrected chi connectivity index (χ1v) is 16.6. The van der Waals surface area contributed by atoms with E-state index in [-0.39, 0.29) is 36.1 Å². The molecule has 1 saturated carbocycles. The van der Waals surface area contributed by atoms with E-state index in [4.69, 9.17) is 10.7 Å². The molecule has 4 amide bonds. The van der Waals surface area contributed by atoms with E-state index in [9.17, 15) is 19.2 Å². The lowest BCUT2D eigenvalue weighted by atomic mass is 9.92. The van der Waals surface area contributed by atoms with Gasteiger partial charge in [-0.15, -0.1) is 0 Å². The fourth-order valence-electron chi connectivity index (χ4n) is 7.29. The topological polar surface area (TPSA) is 163 Å². The van der Waals surface area contributed by atoms with Crippen molar-refractivity contribution in [3.8, 4) is 0 Å². The fraction of sp³-hybridized carbons (Fsp3) is 0.457. The van der Waals surface area contributed by atoms with E-state index >= 15 is 0 Å². The van der Waals surface area contributed by atoms with Crippen LogP contribution in [0.15, 0.2) is 65.0 Å². The largest absolute Gasteiger partial charge is 0.404 e. The molecule has 4 fully saturated rings. The molecule has 4 heterocycles. The van der Waals surface area contributed by atoms with Crippen LogP contribution in [0, 0.1) is 11.8 Å². The van der Waals surface area contributed by atoms with Crippen molar-refractivity contribution in [3.05, 3.63) is 65.7 Å². The third kappa shape index (κ3) is 6.73. The van der Waals surface area contributed by atoms with Crippen molar-refractivity contribution < 1.29 is 19.2 Å². The maximum absolute atomic E-state index is 13.0. The van der Waals surface area contributed by atoms with Crippen molar-refractivity contribution >= 4 is 46.4 Å². The van der Waals surface area contributed by atoms with E-state index in [1.807, 2.05) is 36.6 Å². The van der Waals surface area contributed by atoms with Gasteiger partial charge in [0.25, 0.3) is 5.91 Å². The SMILES string of the molecule is NC=C(C=NC1CCN(C2CC2CC(=O)NCC2C=C3CN(C4CCC(=O)NC4=O)C(=O)C3=CC2)CC1)c1cnc2ccccc2n1. The van der Waals surface area contributed by atoms with E-state index in [1.165, 1.54) is 6.20 Å². The Balaban J connectivity index is 0.833. The van der Waals surface area contributed by atoms with Gasteiger partial charge in [-0.2, -0.15) is 0 Å². The molecular formula is C35H40N8O4. The minimum atomic E-state index is -0.617. The summed E-state index contributed by atoms with van der Waals surface area (Å²) in [5.74, 6) is -0.315. The summed E-state index contributed by atoms with van der Waals surface area (Å²) in [6.07, 6.45) is 13.8. The van der Waals surface area contributed by atoms with Gasteiger partial charge in [0.1, 0.15) is 6.04 Å². The fourth-order valence-corrected chi connectivity index (χ4v) is 7.29. The van der Waals surface area contributed by atoms with E-state index in [0.29, 0.717) is 55.6 Å². The number of likely N-dealkylation sites (tertiary alicyclic amines) is 2. The summed E-state index contributed by atoms with van der Waals surface area (Å²) in [7, 11) is 0. The first-order valence-electron chi connectivity index (χ1n) is 16.6. The zero-order valence-corrected chi connectivity index (χ0v) is 26.3. The molecule has 3 aliphatic heterocycles. The molecule has 7 rings (SSSR count). The number of imide groups is 1. The minimum absolute atomic E-state index is 0.0655. The van der Waals surface area contributed by atoms with Crippen LogP contribution in [0.1, 0.15) is 50.6 Å². The average molecular weight is 637 g/mol. The normalized spacial score (nSPS) is 27.1. The summed E-state index contributed by atoms with van der Waals surface area (Å²) in [6.45, 7) is 2.79. The summed E-state index contributed by atoms with van der Waals surface area (Å²) < 4.78 is 0. The average Bonchev–Trinajstić information content (AvgIpc) is 3.77. The van der Waals surface area contributed by atoms with Gasteiger partial charge in [0.15, 0.2) is 0 Å². The third-order valence-electron chi connectivity index (χ3n) is 10.0. The van der Waals surface area contributed by atoms with Crippen LogP contribution in [0.2, 0.25) is 0 Å². The van der Waals surface area contributed by atoms with Gasteiger partial charge in [-0.3, -0.25) is 39.4 Å². The molecule has 1 aromatic heterocycles. The van der Waals surface area contributed by atoms with Crippen LogP contribution in [-0.2, 0) is 19.2 Å². The van der Waals surface area contributed by atoms with Gasteiger partial charge in [-0.1, -0.05) is 24.3 Å². The second kappa shape index (κ2) is 13.2. The van der Waals surface area contributed by atoms with E-state index < -0.39 is 11.9 Å². The molecule has 5 aliphatic rings. The highest BCUT2D eigenvalue weighted by Gasteiger charge is 2.44. The first kappa shape index (κ1) is 30.9. The third-order valence-corrected chi connectivity index (χ3v) is 10.0. The molecule has 12 nitrogen and oxygen atoms in total. The molecular weight excluding hydrogens is 596 g/mol. The molecule has 4 N–H and O–H groups in total. The summed E-state index contributed by atoms with van der Waals surface area (Å²) in [6, 6.07) is 7.80. The zero-order valence-electron chi connectivity index (χ0n) is 26.3. The number of fused-ring (bicyclic) bond motifs is 2. The number of allylic oxidation sites excluding steroid dienone is 2. The smallest absolute Gasteiger partial charge is 0.254 e. The number of amides is 4. The predicted octanol–water partition coefficient (Wildman–Crippen LogP) is 1.88. The van der Waals surface area contributed by atoms with Gasteiger partial charge < -0.3 is 16.0 Å². The van der Waals surface area contributed by atoms with Crippen LogP contribution in [0.25, 0.3) is 16.6 Å². The number of nitrogens with zero attached hydrogens (tertiary/aromatic N) is 5. The maximum Gasteiger partial charge on any atom is 0.254 e. The molecule has 0 radical (unpaired) electrons. The molecule has 1 aromatic carbocycles. The number of carbonyl (C=O) groups is 4. The number of piperidine rings is 2. The molecule has 2 aliphatic carbocycles. The van der Waals surface area contributed by atoms with Crippen LogP contribution in [0.5, 0.6) is 0 Å². The molecule has 244 valence electrons. The highest BCUT2D eigenvalue weighted by atomic mass is 16.2. The lowest BCUT2D eigenvalue weighted by molar-refractivity contribution is -0.142. The Kier molecular flexibility index (Phi) is 8.68. The highest BCUT2D eigenvalue weighted by Crippen LogP contribution is 2.40. The number of carbonyl (C=O) groups excluding carboxylic acids is 4. The van der Waals surface area contributed by atoms with Crippen molar-refractivity contribution in [2.75, 3.05) is 26.2 Å². The molecule has 2 aromatic rings. The van der Waals surface area contributed by atoms with Crippen molar-refractivity contribution in [2.24, 2.45) is 22.6 Å². The van der Waals surface area contributed by atoms with Crippen LogP contribution < -0.4 is 16.4 Å². The van der Waals surface area contributed by atoms with Gasteiger partial charge in [0.05, 0.1) is 29.0 Å². The minimum Gasteiger partial charge on any atom is -0.404 e. The van der Waals surface area contributed by atoms with Gasteiger partial charge >= 0.3 is 0 Å². The molecule has 12 heteroatoms. The van der Waals surface area contributed by atoms with Gasteiger partial charge in [-0.05, 0) is 61.6 Å². The van der Waals surface area contributed by atoms with Crippen molar-refractivity contribution in [2.45, 2.75) is 63.1 Å². The van der Waals surface area contributed by atoms with Gasteiger partial charge in [0.2, 0.25) is 17.7 Å². The van der Waals surface area contributed by atoms with Crippen molar-refractivity contribution in [1.29, 1.82) is 0 Å². The second-order valence-electron chi connectivity index (χ2n) is 13.2. The standard InChI is InChI=1S/C35H40N8O4/c36-16-24(29-19-38-27-3-1-2-4-28(27)40-29)18-37-25-9-11-42(12-10-25)31-14-22(31)15-33(45)39-17-21-5-6-26-23(13-21)20-43(35(26)47)30-7-8-32(44)41-34(30)46/h1-4,6,13,16,18-19,21-22,25,30-31H,5,7-12,14-15,17,20,36H2,(H,39,45)(H,41,44,46). The molecule has 4 unspecified atom stereocenters. The Bertz CT molecular complexity index is 1720. The van der Waals surface area contributed by atoms with E-state index in [0.717, 1.165) is 54.5 Å². The number of benzene rings is 1. The number of para-hydroxylation sites is 2. The maximum atomic E-state index is 13.0. The Morgan fingerprint density at radius 1 is 1.13 bits per heavy atom. The van der Waals surface area contributed by atoms with E-state index in [2.05, 4.69) is 31.6 Å². The summed E-state index contributed by atoms with van der Waals surface area (Å²) in [5, 5.41) is 5.45. The predicted molar refractivity (Wildman–Crippen MR) is 176 cm³/mol. The number of aliphatic imine (C=N–C) groups is 1. The van der Waals surface area contributed by atoms with Crippen molar-refractivity contribution in [3.63, 3.8) is 0 Å². The number of rotatable bonds is 9. The second-order valence-corrected chi connectivity index (χ2v) is 13.2. The summed E-state index contributed by atoms with van der Waals surface area (Å²) in [4.78, 5) is 67.7. The first-order chi connectivity index (χ1) is 22.9. The Hall–Kier alpha value is -4.71. The van der Waals surface area contributed by atoms with Gasteiger partial charge in [-0.25, -0.2) is 4.98 Å². The summed E-state index contributed by atoms with van der Waals surface area (Å²) >= 11 is 0. The number of hydrogen-bond donors (Lipinski definition) is 3. The molecule has 4 atom stereocenters. The molecule has 47 heavy (non-hydrogen) atoms. The lowest BCUT2D eigenvalue weighted by Gasteiger charge is -2.30. The van der Waals surface area contributed by atoms with Crippen LogP contribution >= 0.6 is 0 Å². The Morgan fingerprint density at radius 2 is 1.94 bits per heavy atom. The molecule has 0 spiro atoms. The quantitative estimate of drug-likeness (QED) is 0.278.